The van der Waals surface area contributed by atoms with Crippen LogP contribution in [-0.4, -0.2) is 35.9 Å². The van der Waals surface area contributed by atoms with Gasteiger partial charge in [-0.1, -0.05) is 17.7 Å². The first-order valence-corrected chi connectivity index (χ1v) is 7.27. The molecule has 9 heteroatoms. The van der Waals surface area contributed by atoms with Gasteiger partial charge in [-0.15, -0.1) is 17.0 Å². The third-order valence-corrected chi connectivity index (χ3v) is 3.13. The molecule has 1 aromatic rings. The van der Waals surface area contributed by atoms with Crippen molar-refractivity contribution < 1.29 is 9.57 Å². The molecule has 2 rings (SSSR count). The van der Waals surface area contributed by atoms with Gasteiger partial charge in [0.1, 0.15) is 5.75 Å². The summed E-state index contributed by atoms with van der Waals surface area (Å²) in [6, 6.07) is 7.25. The van der Waals surface area contributed by atoms with Crippen LogP contribution < -0.4 is 16.2 Å². The van der Waals surface area contributed by atoms with E-state index in [4.69, 9.17) is 32.6 Å². The van der Waals surface area contributed by atoms with Crippen LogP contribution in [0.15, 0.2) is 34.3 Å². The number of nitrogens with zero attached hydrogens (tertiary/aromatic N) is 3. The Kier molecular flexibility index (Phi) is 7.11. The number of rotatable bonds is 6. The zero-order chi connectivity index (χ0) is 16.2. The molecule has 1 aliphatic heterocycles. The first-order chi connectivity index (χ1) is 10.4. The first kappa shape index (κ1) is 19.5. The Hall–Kier alpha value is -1.51. The van der Waals surface area contributed by atoms with Gasteiger partial charge in [0.25, 0.3) is 0 Å². The van der Waals surface area contributed by atoms with Gasteiger partial charge in [-0.05, 0) is 32.0 Å². The molecule has 0 saturated heterocycles. The normalized spacial score (nSPS) is 16.2. The Labute approximate surface area is 151 Å². The fourth-order valence-corrected chi connectivity index (χ4v) is 2.16. The van der Waals surface area contributed by atoms with Gasteiger partial charge in [0.15, 0.2) is 5.66 Å². The van der Waals surface area contributed by atoms with Crippen molar-refractivity contribution in [3.8, 4) is 5.75 Å². The summed E-state index contributed by atoms with van der Waals surface area (Å²) in [5.74, 6) is 1.06. The zero-order valence-corrected chi connectivity index (χ0v) is 15.5. The van der Waals surface area contributed by atoms with Gasteiger partial charge in [-0.3, -0.25) is 4.84 Å². The lowest BCUT2D eigenvalue weighted by Gasteiger charge is -2.36. The Bertz CT molecular complexity index is 594. The Morgan fingerprint density at radius 1 is 1.26 bits per heavy atom. The lowest BCUT2D eigenvalue weighted by atomic mass is 10.2. The van der Waals surface area contributed by atoms with Gasteiger partial charge in [-0.2, -0.15) is 10.1 Å². The van der Waals surface area contributed by atoms with Crippen molar-refractivity contribution in [1.29, 1.82) is 0 Å². The van der Waals surface area contributed by atoms with Crippen LogP contribution >= 0.6 is 28.6 Å². The van der Waals surface area contributed by atoms with E-state index >= 15 is 0 Å². The van der Waals surface area contributed by atoms with Crippen molar-refractivity contribution in [2.45, 2.75) is 25.9 Å². The lowest BCUT2D eigenvalue weighted by Crippen LogP contribution is -2.53. The molecule has 1 heterocycles. The van der Waals surface area contributed by atoms with Crippen molar-refractivity contribution in [2.75, 3.05) is 13.2 Å². The minimum absolute atomic E-state index is 0. The molecule has 0 unspecified atom stereocenters. The molecule has 23 heavy (non-hydrogen) atoms. The molecule has 0 atom stereocenters. The van der Waals surface area contributed by atoms with Crippen LogP contribution in [0.25, 0.3) is 0 Å². The van der Waals surface area contributed by atoms with Crippen LogP contribution in [0.2, 0.25) is 5.02 Å². The topological polar surface area (TPSA) is 98.5 Å². The predicted molar refractivity (Wildman–Crippen MR) is 97.0 cm³/mol. The van der Waals surface area contributed by atoms with Gasteiger partial charge >= 0.3 is 0 Å². The number of aliphatic imine (C=N–C) groups is 2. The average molecular weight is 407 g/mol. The maximum atomic E-state index is 5.88. The van der Waals surface area contributed by atoms with E-state index in [-0.39, 0.29) is 28.9 Å². The highest BCUT2D eigenvalue weighted by Crippen LogP contribution is 2.20. The Morgan fingerprint density at radius 3 is 2.65 bits per heavy atom. The van der Waals surface area contributed by atoms with Crippen LogP contribution in [0.4, 0.5) is 0 Å². The molecular formula is C14H21BrClN5O2. The number of hydrogen-bond acceptors (Lipinski definition) is 7. The molecule has 0 bridgehead atoms. The molecule has 0 saturated carbocycles. The van der Waals surface area contributed by atoms with Crippen LogP contribution in [0, 0.1) is 0 Å². The molecule has 0 amide bonds. The minimum atomic E-state index is -0.691. The Morgan fingerprint density at radius 2 is 2.00 bits per heavy atom. The van der Waals surface area contributed by atoms with Crippen molar-refractivity contribution in [3.63, 3.8) is 0 Å². The number of guanidine groups is 2. The summed E-state index contributed by atoms with van der Waals surface area (Å²) in [7, 11) is 0. The molecule has 0 aliphatic carbocycles. The zero-order valence-electron chi connectivity index (χ0n) is 13.0. The highest BCUT2D eigenvalue weighted by Gasteiger charge is 2.32. The van der Waals surface area contributed by atoms with Gasteiger partial charge in [0.05, 0.1) is 13.2 Å². The summed E-state index contributed by atoms with van der Waals surface area (Å²) < 4.78 is 5.58. The summed E-state index contributed by atoms with van der Waals surface area (Å²) in [6.45, 7) is 4.58. The molecule has 4 N–H and O–H groups in total. The van der Waals surface area contributed by atoms with Crippen LogP contribution in [0.5, 0.6) is 5.75 Å². The number of hydrogen-bond donors (Lipinski definition) is 2. The molecule has 0 aromatic heterocycles. The molecule has 7 nitrogen and oxygen atoms in total. The quantitative estimate of drug-likeness (QED) is 0.706. The summed E-state index contributed by atoms with van der Waals surface area (Å²) in [5.41, 5.74) is 10.7. The van der Waals surface area contributed by atoms with E-state index in [0.29, 0.717) is 24.7 Å². The number of ether oxygens (including phenoxy) is 1. The van der Waals surface area contributed by atoms with E-state index in [1.165, 1.54) is 5.06 Å². The van der Waals surface area contributed by atoms with E-state index in [1.807, 2.05) is 26.0 Å². The van der Waals surface area contributed by atoms with Crippen molar-refractivity contribution in [3.05, 3.63) is 29.3 Å². The van der Waals surface area contributed by atoms with Crippen LogP contribution in [0.3, 0.4) is 0 Å². The second-order valence-electron chi connectivity index (χ2n) is 5.22. The van der Waals surface area contributed by atoms with Crippen LogP contribution in [-0.2, 0) is 4.84 Å². The standard InChI is InChI=1S/C14H20ClN5O2.BrH/c1-14(2)19-12(16)18-13(17)20(14)22-8-4-7-21-11-6-3-5-10(15)9-11;/h3,5-6,9H,4,7-8H2,1-2H3,(H4,16,17,18,19);1H. The third kappa shape index (κ3) is 5.56. The largest absolute Gasteiger partial charge is 0.493 e. The summed E-state index contributed by atoms with van der Waals surface area (Å²) in [6.07, 6.45) is 0.672. The van der Waals surface area contributed by atoms with E-state index in [2.05, 4.69) is 9.98 Å². The summed E-state index contributed by atoms with van der Waals surface area (Å²) >= 11 is 5.88. The second-order valence-corrected chi connectivity index (χ2v) is 5.66. The average Bonchev–Trinajstić information content (AvgIpc) is 2.40. The predicted octanol–water partition coefficient (Wildman–Crippen LogP) is 2.30. The van der Waals surface area contributed by atoms with Gasteiger partial charge in [0, 0.05) is 11.4 Å². The monoisotopic (exact) mass is 405 g/mol. The van der Waals surface area contributed by atoms with Gasteiger partial charge < -0.3 is 16.2 Å². The maximum absolute atomic E-state index is 5.88. The molecule has 0 radical (unpaired) electrons. The second kappa shape index (κ2) is 8.37. The summed E-state index contributed by atoms with van der Waals surface area (Å²) in [4.78, 5) is 13.7. The fourth-order valence-electron chi connectivity index (χ4n) is 1.98. The van der Waals surface area contributed by atoms with Crippen molar-refractivity contribution in [1.82, 2.24) is 5.06 Å². The number of benzene rings is 1. The highest BCUT2D eigenvalue weighted by atomic mass is 79.9. The van der Waals surface area contributed by atoms with Crippen molar-refractivity contribution >= 4 is 40.5 Å². The molecule has 0 spiro atoms. The van der Waals surface area contributed by atoms with E-state index in [9.17, 15) is 0 Å². The van der Waals surface area contributed by atoms with E-state index in [1.54, 1.807) is 12.1 Å². The fraction of sp³-hybridized carbons (Fsp3) is 0.429. The third-order valence-electron chi connectivity index (χ3n) is 2.90. The highest BCUT2D eigenvalue weighted by molar-refractivity contribution is 8.93. The van der Waals surface area contributed by atoms with E-state index < -0.39 is 5.66 Å². The molecule has 0 fully saturated rings. The number of hydroxylamine groups is 2. The Balaban J connectivity index is 0.00000264. The molecular weight excluding hydrogens is 386 g/mol. The summed E-state index contributed by atoms with van der Waals surface area (Å²) in [5, 5.41) is 2.09. The van der Waals surface area contributed by atoms with Crippen molar-refractivity contribution in [2.24, 2.45) is 21.5 Å². The van der Waals surface area contributed by atoms with Crippen LogP contribution in [0.1, 0.15) is 20.3 Å². The molecule has 1 aliphatic rings. The first-order valence-electron chi connectivity index (χ1n) is 6.89. The number of halogens is 2. The maximum Gasteiger partial charge on any atom is 0.226 e. The van der Waals surface area contributed by atoms with Gasteiger partial charge in [0.2, 0.25) is 11.9 Å². The van der Waals surface area contributed by atoms with E-state index in [0.717, 1.165) is 5.75 Å². The minimum Gasteiger partial charge on any atom is -0.493 e. The number of nitrogens with two attached hydrogens (primary N) is 2. The molecule has 1 aromatic carbocycles. The van der Waals surface area contributed by atoms with Gasteiger partial charge in [-0.25, -0.2) is 4.99 Å². The SMILES string of the molecule is Br.CC1(C)N=C(N)N=C(N)N1OCCCOc1cccc(Cl)c1. The smallest absolute Gasteiger partial charge is 0.226 e. The molecule has 128 valence electrons. The lowest BCUT2D eigenvalue weighted by molar-refractivity contribution is -0.158.